The standard InChI is InChI=1S/C14H17Cl2N3O3S/c1-8-6-13(12(16)7-11(8)15)23(21,22)18-14-9(2)17-19(4-5-20)10(14)3/h6-7,18,20H,4-5H2,1-3H3. The van der Waals surface area contributed by atoms with Crippen molar-refractivity contribution >= 4 is 38.9 Å². The molecule has 0 aliphatic carbocycles. The molecule has 23 heavy (non-hydrogen) atoms. The van der Waals surface area contributed by atoms with E-state index in [-0.39, 0.29) is 23.1 Å². The van der Waals surface area contributed by atoms with Gasteiger partial charge in [-0.25, -0.2) is 8.42 Å². The lowest BCUT2D eigenvalue weighted by Crippen LogP contribution is -2.15. The fourth-order valence-electron chi connectivity index (χ4n) is 2.18. The third-order valence-corrected chi connectivity index (χ3v) is 5.65. The first-order valence-corrected chi connectivity index (χ1v) is 9.04. The number of nitrogens with zero attached hydrogens (tertiary/aromatic N) is 2. The fraction of sp³-hybridized carbons (Fsp3) is 0.357. The minimum atomic E-state index is -3.89. The van der Waals surface area contributed by atoms with Gasteiger partial charge in [0, 0.05) is 5.02 Å². The summed E-state index contributed by atoms with van der Waals surface area (Å²) in [7, 11) is -3.89. The highest BCUT2D eigenvalue weighted by atomic mass is 35.5. The van der Waals surface area contributed by atoms with Crippen LogP contribution in [0.2, 0.25) is 10.0 Å². The Morgan fingerprint density at radius 1 is 1.22 bits per heavy atom. The second-order valence-corrected chi connectivity index (χ2v) is 7.60. The van der Waals surface area contributed by atoms with Crippen LogP contribution in [0.25, 0.3) is 0 Å². The summed E-state index contributed by atoms with van der Waals surface area (Å²) in [5.74, 6) is 0. The maximum Gasteiger partial charge on any atom is 0.263 e. The third kappa shape index (κ3) is 3.63. The summed E-state index contributed by atoms with van der Waals surface area (Å²) < 4.78 is 29.3. The Balaban J connectivity index is 2.45. The number of benzene rings is 1. The molecular formula is C14H17Cl2N3O3S. The van der Waals surface area contributed by atoms with Crippen LogP contribution in [0.1, 0.15) is 17.0 Å². The van der Waals surface area contributed by atoms with E-state index >= 15 is 0 Å². The monoisotopic (exact) mass is 377 g/mol. The van der Waals surface area contributed by atoms with Crippen LogP contribution < -0.4 is 4.72 Å². The number of sulfonamides is 1. The number of aliphatic hydroxyl groups excluding tert-OH is 1. The first-order chi connectivity index (χ1) is 10.7. The van der Waals surface area contributed by atoms with Crippen molar-refractivity contribution in [2.75, 3.05) is 11.3 Å². The number of halogens is 2. The molecule has 0 spiro atoms. The normalized spacial score (nSPS) is 11.7. The Hall–Kier alpha value is -1.28. The van der Waals surface area contributed by atoms with Gasteiger partial charge in [-0.2, -0.15) is 5.10 Å². The van der Waals surface area contributed by atoms with E-state index in [0.29, 0.717) is 27.7 Å². The highest BCUT2D eigenvalue weighted by Crippen LogP contribution is 2.30. The molecule has 2 rings (SSSR count). The van der Waals surface area contributed by atoms with Crippen molar-refractivity contribution in [2.24, 2.45) is 0 Å². The van der Waals surface area contributed by atoms with Crippen LogP contribution >= 0.6 is 23.2 Å². The zero-order valence-electron chi connectivity index (χ0n) is 12.9. The van der Waals surface area contributed by atoms with Crippen LogP contribution in [0, 0.1) is 20.8 Å². The van der Waals surface area contributed by atoms with Crippen molar-refractivity contribution in [1.29, 1.82) is 0 Å². The Morgan fingerprint density at radius 2 is 1.87 bits per heavy atom. The summed E-state index contributed by atoms with van der Waals surface area (Å²) in [6.45, 7) is 5.31. The molecule has 0 aliphatic heterocycles. The number of hydrogen-bond acceptors (Lipinski definition) is 4. The third-order valence-electron chi connectivity index (χ3n) is 3.43. The molecule has 1 aromatic heterocycles. The molecule has 0 saturated carbocycles. The lowest BCUT2D eigenvalue weighted by Gasteiger charge is -2.11. The van der Waals surface area contributed by atoms with Crippen molar-refractivity contribution in [1.82, 2.24) is 9.78 Å². The molecule has 1 aromatic carbocycles. The average Bonchev–Trinajstić information content (AvgIpc) is 2.70. The molecule has 1 heterocycles. The quantitative estimate of drug-likeness (QED) is 0.838. The van der Waals surface area contributed by atoms with E-state index in [9.17, 15) is 8.42 Å². The second-order valence-electron chi connectivity index (χ2n) is 5.13. The van der Waals surface area contributed by atoms with Crippen molar-refractivity contribution < 1.29 is 13.5 Å². The number of nitrogens with one attached hydrogen (secondary N) is 1. The van der Waals surface area contributed by atoms with E-state index in [0.717, 1.165) is 0 Å². The smallest absolute Gasteiger partial charge is 0.263 e. The van der Waals surface area contributed by atoms with Gasteiger partial charge < -0.3 is 5.11 Å². The van der Waals surface area contributed by atoms with Gasteiger partial charge in [0.2, 0.25) is 0 Å². The summed E-state index contributed by atoms with van der Waals surface area (Å²) in [5, 5.41) is 13.7. The largest absolute Gasteiger partial charge is 0.394 e. The number of aliphatic hydroxyl groups is 1. The first kappa shape index (κ1) is 18.1. The SMILES string of the molecule is Cc1cc(S(=O)(=O)Nc2c(C)nn(CCO)c2C)c(Cl)cc1Cl. The number of anilines is 1. The van der Waals surface area contributed by atoms with E-state index in [1.54, 1.807) is 25.5 Å². The summed E-state index contributed by atoms with van der Waals surface area (Å²) in [4.78, 5) is -0.0465. The Bertz CT molecular complexity index is 847. The summed E-state index contributed by atoms with van der Waals surface area (Å²) in [5.41, 5.74) is 2.12. The van der Waals surface area contributed by atoms with Gasteiger partial charge in [-0.15, -0.1) is 0 Å². The van der Waals surface area contributed by atoms with Gasteiger partial charge in [-0.3, -0.25) is 9.40 Å². The van der Waals surface area contributed by atoms with Gasteiger partial charge in [-0.05, 0) is 38.5 Å². The van der Waals surface area contributed by atoms with Crippen molar-refractivity contribution in [2.45, 2.75) is 32.2 Å². The Morgan fingerprint density at radius 3 is 2.48 bits per heavy atom. The summed E-state index contributed by atoms with van der Waals surface area (Å²) in [6, 6.07) is 2.83. The molecule has 0 bridgehead atoms. The van der Waals surface area contributed by atoms with E-state index in [1.165, 1.54) is 12.1 Å². The van der Waals surface area contributed by atoms with E-state index < -0.39 is 10.0 Å². The second kappa shape index (κ2) is 6.68. The van der Waals surface area contributed by atoms with Crippen molar-refractivity contribution in [3.8, 4) is 0 Å². The van der Waals surface area contributed by atoms with Gasteiger partial charge >= 0.3 is 0 Å². The first-order valence-electron chi connectivity index (χ1n) is 6.80. The number of hydrogen-bond donors (Lipinski definition) is 2. The van der Waals surface area contributed by atoms with Gasteiger partial charge in [0.15, 0.2) is 0 Å². The van der Waals surface area contributed by atoms with E-state index in [1.807, 2.05) is 0 Å². The number of rotatable bonds is 5. The molecule has 6 nitrogen and oxygen atoms in total. The fourth-order valence-corrected chi connectivity index (χ4v) is 4.19. The molecule has 9 heteroatoms. The minimum Gasteiger partial charge on any atom is -0.394 e. The molecule has 0 saturated heterocycles. The average molecular weight is 378 g/mol. The summed E-state index contributed by atoms with van der Waals surface area (Å²) in [6.07, 6.45) is 0. The molecule has 0 aliphatic rings. The van der Waals surface area contributed by atoms with E-state index in [2.05, 4.69) is 9.82 Å². The molecule has 0 fully saturated rings. The molecule has 0 radical (unpaired) electrons. The Kier molecular flexibility index (Phi) is 5.25. The maximum absolute atomic E-state index is 12.6. The molecule has 126 valence electrons. The van der Waals surface area contributed by atoms with Crippen LogP contribution in [-0.2, 0) is 16.6 Å². The van der Waals surface area contributed by atoms with Gasteiger partial charge in [-0.1, -0.05) is 23.2 Å². The van der Waals surface area contributed by atoms with E-state index in [4.69, 9.17) is 28.3 Å². The molecule has 0 atom stereocenters. The zero-order valence-corrected chi connectivity index (χ0v) is 15.2. The molecule has 2 N–H and O–H groups in total. The molecule has 0 amide bonds. The predicted molar refractivity (Wildman–Crippen MR) is 90.8 cm³/mol. The lowest BCUT2D eigenvalue weighted by molar-refractivity contribution is 0.268. The molecule has 0 unspecified atom stereocenters. The highest BCUT2D eigenvalue weighted by Gasteiger charge is 2.23. The lowest BCUT2D eigenvalue weighted by atomic mass is 10.2. The van der Waals surface area contributed by atoms with Crippen LogP contribution in [0.15, 0.2) is 17.0 Å². The van der Waals surface area contributed by atoms with Crippen molar-refractivity contribution in [3.63, 3.8) is 0 Å². The van der Waals surface area contributed by atoms with Crippen LogP contribution in [0.4, 0.5) is 5.69 Å². The number of aryl methyl sites for hydroxylation is 2. The van der Waals surface area contributed by atoms with Gasteiger partial charge in [0.25, 0.3) is 10.0 Å². The topological polar surface area (TPSA) is 84.2 Å². The van der Waals surface area contributed by atoms with Gasteiger partial charge in [0.1, 0.15) is 4.90 Å². The molecular weight excluding hydrogens is 361 g/mol. The van der Waals surface area contributed by atoms with Crippen LogP contribution in [0.5, 0.6) is 0 Å². The van der Waals surface area contributed by atoms with Crippen molar-refractivity contribution in [3.05, 3.63) is 39.1 Å². The summed E-state index contributed by atoms with van der Waals surface area (Å²) >= 11 is 12.0. The maximum atomic E-state index is 12.6. The zero-order chi connectivity index (χ0) is 17.4. The van der Waals surface area contributed by atoms with Crippen LogP contribution in [0.3, 0.4) is 0 Å². The predicted octanol–water partition coefficient (Wildman–Crippen LogP) is 2.91. The van der Waals surface area contributed by atoms with Gasteiger partial charge in [0.05, 0.1) is 35.2 Å². The molecule has 2 aromatic rings. The Labute approximate surface area is 145 Å². The minimum absolute atomic E-state index is 0.0465. The van der Waals surface area contributed by atoms with Crippen LogP contribution in [-0.4, -0.2) is 29.9 Å². The highest BCUT2D eigenvalue weighted by molar-refractivity contribution is 7.92. The number of aromatic nitrogens is 2.